The molecule has 1 rings (SSSR count). The van der Waals surface area contributed by atoms with E-state index in [4.69, 9.17) is 4.74 Å². The normalized spacial score (nSPS) is 10.1. The van der Waals surface area contributed by atoms with Gasteiger partial charge in [0.15, 0.2) is 5.69 Å². The molecule has 0 saturated carbocycles. The molecule has 1 aromatic rings. The molecule has 7 heteroatoms. The van der Waals surface area contributed by atoms with Crippen molar-refractivity contribution in [2.75, 3.05) is 20.8 Å². The van der Waals surface area contributed by atoms with E-state index in [1.54, 1.807) is 0 Å². The topological polar surface area (TPSA) is 82.5 Å². The summed E-state index contributed by atoms with van der Waals surface area (Å²) < 4.78 is 5.98. The molecule has 1 amide bonds. The molecule has 0 aliphatic carbocycles. The smallest absolute Gasteiger partial charge is 0.295 e. The Morgan fingerprint density at radius 1 is 1.50 bits per heavy atom. The number of aromatic nitrogens is 2. The van der Waals surface area contributed by atoms with Crippen molar-refractivity contribution in [1.82, 2.24) is 15.3 Å². The van der Waals surface area contributed by atoms with Crippen LogP contribution in [0.1, 0.15) is 10.5 Å². The number of amides is 1. The lowest BCUT2D eigenvalue weighted by Gasteiger charge is -2.05. The highest BCUT2D eigenvalue weighted by molar-refractivity contribution is 5.91. The molecule has 1 N–H and O–H groups in total. The van der Waals surface area contributed by atoms with Crippen molar-refractivity contribution in [3.05, 3.63) is 28.2 Å². The van der Waals surface area contributed by atoms with Gasteiger partial charge in [-0.3, -0.25) is 14.4 Å². The minimum atomic E-state index is -0.506. The second kappa shape index (κ2) is 5.99. The Kier molecular flexibility index (Phi) is 4.62. The summed E-state index contributed by atoms with van der Waals surface area (Å²) in [4.78, 5) is 27.1. The van der Waals surface area contributed by atoms with Gasteiger partial charge in [-0.05, 0) is 6.07 Å². The van der Waals surface area contributed by atoms with Crippen LogP contribution < -0.4 is 11.0 Å². The van der Waals surface area contributed by atoms with Crippen molar-refractivity contribution in [2.45, 2.75) is 6.54 Å². The zero-order valence-electron chi connectivity index (χ0n) is 9.10. The highest BCUT2D eigenvalue weighted by Gasteiger charge is 2.08. The van der Waals surface area contributed by atoms with Crippen molar-refractivity contribution in [1.29, 1.82) is 0 Å². The van der Waals surface area contributed by atoms with Gasteiger partial charge < -0.3 is 4.74 Å². The average molecular weight is 227 g/mol. The van der Waals surface area contributed by atoms with Crippen LogP contribution in [0, 0.1) is 0 Å². The third-order valence-corrected chi connectivity index (χ3v) is 1.80. The van der Waals surface area contributed by atoms with E-state index in [1.165, 1.54) is 26.4 Å². The molecule has 16 heavy (non-hydrogen) atoms. The van der Waals surface area contributed by atoms with Gasteiger partial charge in [-0.15, -0.1) is 0 Å². The Labute approximate surface area is 91.9 Å². The van der Waals surface area contributed by atoms with Crippen molar-refractivity contribution < 1.29 is 14.4 Å². The minimum Gasteiger partial charge on any atom is -0.383 e. The molecular weight excluding hydrogens is 214 g/mol. The zero-order valence-corrected chi connectivity index (χ0v) is 9.10. The Morgan fingerprint density at radius 2 is 2.25 bits per heavy atom. The van der Waals surface area contributed by atoms with Crippen molar-refractivity contribution >= 4 is 5.91 Å². The van der Waals surface area contributed by atoms with E-state index < -0.39 is 5.91 Å². The SMILES string of the molecule is COCCn1nc(C(=O)NOC)ccc1=O. The summed E-state index contributed by atoms with van der Waals surface area (Å²) in [5.41, 5.74) is 1.94. The Balaban J connectivity index is 2.88. The lowest BCUT2D eigenvalue weighted by atomic mass is 10.4. The number of carbonyl (C=O) groups excluding carboxylic acids is 1. The molecule has 0 bridgehead atoms. The van der Waals surface area contributed by atoms with Gasteiger partial charge >= 0.3 is 0 Å². The standard InChI is InChI=1S/C9H13N3O4/c1-15-6-5-12-8(13)4-3-7(10-12)9(14)11-16-2/h3-4H,5-6H2,1-2H3,(H,11,14). The van der Waals surface area contributed by atoms with Crippen molar-refractivity contribution in [3.8, 4) is 0 Å². The molecule has 1 heterocycles. The number of nitrogens with one attached hydrogen (secondary N) is 1. The monoisotopic (exact) mass is 227 g/mol. The van der Waals surface area contributed by atoms with Crippen LogP contribution in [0.15, 0.2) is 16.9 Å². The number of rotatable bonds is 5. The van der Waals surface area contributed by atoms with Crippen LogP contribution >= 0.6 is 0 Å². The fourth-order valence-corrected chi connectivity index (χ4v) is 1.05. The first-order valence-electron chi connectivity index (χ1n) is 4.59. The van der Waals surface area contributed by atoms with Crippen LogP contribution in [0.5, 0.6) is 0 Å². The van der Waals surface area contributed by atoms with E-state index in [0.29, 0.717) is 13.2 Å². The van der Waals surface area contributed by atoms with E-state index in [0.717, 1.165) is 4.68 Å². The summed E-state index contributed by atoms with van der Waals surface area (Å²) in [5, 5.41) is 3.86. The molecule has 88 valence electrons. The van der Waals surface area contributed by atoms with Crippen LogP contribution in [-0.2, 0) is 16.1 Å². The van der Waals surface area contributed by atoms with E-state index in [1.807, 2.05) is 0 Å². The molecule has 0 atom stereocenters. The maximum absolute atomic E-state index is 11.3. The minimum absolute atomic E-state index is 0.109. The van der Waals surface area contributed by atoms with E-state index in [2.05, 4.69) is 15.4 Å². The van der Waals surface area contributed by atoms with Gasteiger partial charge in [0.05, 0.1) is 20.3 Å². The predicted octanol–water partition coefficient (Wildman–Crippen LogP) is -0.819. The predicted molar refractivity (Wildman–Crippen MR) is 54.8 cm³/mol. The lowest BCUT2D eigenvalue weighted by Crippen LogP contribution is -2.29. The van der Waals surface area contributed by atoms with E-state index >= 15 is 0 Å². The van der Waals surface area contributed by atoms with Gasteiger partial charge in [-0.2, -0.15) is 5.10 Å². The quantitative estimate of drug-likeness (QED) is 0.664. The molecule has 0 fully saturated rings. The molecule has 0 radical (unpaired) electrons. The zero-order chi connectivity index (χ0) is 12.0. The molecule has 1 aromatic heterocycles. The number of hydrogen-bond acceptors (Lipinski definition) is 5. The Hall–Kier alpha value is -1.73. The average Bonchev–Trinajstić information content (AvgIpc) is 2.28. The number of hydroxylamine groups is 1. The van der Waals surface area contributed by atoms with E-state index in [-0.39, 0.29) is 11.3 Å². The molecule has 0 unspecified atom stereocenters. The molecule has 7 nitrogen and oxygen atoms in total. The third kappa shape index (κ3) is 3.14. The molecular formula is C9H13N3O4. The summed E-state index contributed by atoms with van der Waals surface area (Å²) in [5.74, 6) is -0.506. The first kappa shape index (κ1) is 12.3. The Bertz CT molecular complexity index is 415. The first-order valence-corrected chi connectivity index (χ1v) is 4.59. The molecule has 0 aromatic carbocycles. The highest BCUT2D eigenvalue weighted by Crippen LogP contribution is 1.90. The highest BCUT2D eigenvalue weighted by atomic mass is 16.6. The summed E-state index contributed by atoms with van der Waals surface area (Å²) >= 11 is 0. The van der Waals surface area contributed by atoms with Crippen LogP contribution in [0.4, 0.5) is 0 Å². The van der Waals surface area contributed by atoms with Gasteiger partial charge in [-0.25, -0.2) is 10.2 Å². The summed E-state index contributed by atoms with van der Waals surface area (Å²) in [7, 11) is 2.84. The fourth-order valence-electron chi connectivity index (χ4n) is 1.05. The second-order valence-corrected chi connectivity index (χ2v) is 2.91. The van der Waals surface area contributed by atoms with Crippen molar-refractivity contribution in [3.63, 3.8) is 0 Å². The number of methoxy groups -OCH3 is 1. The third-order valence-electron chi connectivity index (χ3n) is 1.80. The van der Waals surface area contributed by atoms with Gasteiger partial charge in [0, 0.05) is 13.2 Å². The van der Waals surface area contributed by atoms with Gasteiger partial charge in [-0.1, -0.05) is 0 Å². The molecule has 0 aliphatic rings. The number of hydrogen-bond donors (Lipinski definition) is 1. The first-order chi connectivity index (χ1) is 7.69. The number of nitrogens with zero attached hydrogens (tertiary/aromatic N) is 2. The summed E-state index contributed by atoms with van der Waals surface area (Å²) in [6, 6.07) is 2.60. The van der Waals surface area contributed by atoms with E-state index in [9.17, 15) is 9.59 Å². The van der Waals surface area contributed by atoms with Crippen LogP contribution in [0.2, 0.25) is 0 Å². The maximum Gasteiger partial charge on any atom is 0.295 e. The molecule has 0 spiro atoms. The maximum atomic E-state index is 11.3. The van der Waals surface area contributed by atoms with Gasteiger partial charge in [0.1, 0.15) is 0 Å². The second-order valence-electron chi connectivity index (χ2n) is 2.91. The van der Waals surface area contributed by atoms with Gasteiger partial charge in [0.25, 0.3) is 11.5 Å². The van der Waals surface area contributed by atoms with Crippen molar-refractivity contribution in [2.24, 2.45) is 0 Å². The largest absolute Gasteiger partial charge is 0.383 e. The molecule has 0 aliphatic heterocycles. The summed E-state index contributed by atoms with van der Waals surface area (Å²) in [6.07, 6.45) is 0. The fraction of sp³-hybridized carbons (Fsp3) is 0.444. The van der Waals surface area contributed by atoms with Gasteiger partial charge in [0.2, 0.25) is 0 Å². The Morgan fingerprint density at radius 3 is 2.88 bits per heavy atom. The van der Waals surface area contributed by atoms with Crippen LogP contribution in [0.3, 0.4) is 0 Å². The van der Waals surface area contributed by atoms with Crippen LogP contribution in [-0.4, -0.2) is 36.5 Å². The number of ether oxygens (including phenoxy) is 1. The summed E-state index contributed by atoms with van der Waals surface area (Å²) in [6.45, 7) is 0.645. The molecule has 0 saturated heterocycles. The lowest BCUT2D eigenvalue weighted by molar-refractivity contribution is 0.0529. The number of carbonyl (C=O) groups is 1. The van der Waals surface area contributed by atoms with Crippen LogP contribution in [0.25, 0.3) is 0 Å².